The molecule has 1 saturated heterocycles. The third kappa shape index (κ3) is 5.98. The highest BCUT2D eigenvalue weighted by Gasteiger charge is 2.25. The van der Waals surface area contributed by atoms with Gasteiger partial charge in [-0.2, -0.15) is 0 Å². The smallest absolute Gasteiger partial charge is 0.411 e. The van der Waals surface area contributed by atoms with Crippen LogP contribution in [0.25, 0.3) is 0 Å². The number of hydrogen-bond acceptors (Lipinski definition) is 5. The number of nitrogens with zero attached hydrogens (tertiary/aromatic N) is 1. The van der Waals surface area contributed by atoms with Gasteiger partial charge in [0, 0.05) is 39.5 Å². The molecule has 2 aromatic rings. The summed E-state index contributed by atoms with van der Waals surface area (Å²) >= 11 is 2.25. The predicted octanol–water partition coefficient (Wildman–Crippen LogP) is 4.79. The summed E-state index contributed by atoms with van der Waals surface area (Å²) in [5, 5.41) is 6.11. The van der Waals surface area contributed by atoms with Crippen molar-refractivity contribution in [3.8, 4) is 0 Å². The number of Topliss-reactive ketones (excluding diaryl/α,β-unsaturated/α-hetero) is 1. The highest BCUT2D eigenvalue weighted by atomic mass is 127. The van der Waals surface area contributed by atoms with E-state index in [9.17, 15) is 9.59 Å². The van der Waals surface area contributed by atoms with Crippen molar-refractivity contribution in [2.24, 2.45) is 5.92 Å². The van der Waals surface area contributed by atoms with Crippen LogP contribution in [0, 0.1) is 9.49 Å². The average molecular weight is 533 g/mol. The van der Waals surface area contributed by atoms with E-state index in [1.807, 2.05) is 42.5 Å². The molecule has 1 amide bonds. The second-order valence-electron chi connectivity index (χ2n) is 8.15. The molecule has 6 nitrogen and oxygen atoms in total. The predicted molar refractivity (Wildman–Crippen MR) is 131 cm³/mol. The van der Waals surface area contributed by atoms with Crippen LogP contribution in [0.1, 0.15) is 35.2 Å². The van der Waals surface area contributed by atoms with Crippen LogP contribution in [-0.4, -0.2) is 49.6 Å². The fraction of sp³-hybridized carbons (Fsp3) is 0.417. The summed E-state index contributed by atoms with van der Waals surface area (Å²) < 4.78 is 6.48. The second-order valence-corrected chi connectivity index (χ2v) is 9.40. The van der Waals surface area contributed by atoms with Crippen molar-refractivity contribution in [2.75, 3.05) is 43.4 Å². The van der Waals surface area contributed by atoms with Gasteiger partial charge in [-0.05, 0) is 97.3 Å². The number of fused-ring (bicyclic) bond motifs is 1. The Kier molecular flexibility index (Phi) is 7.45. The Morgan fingerprint density at radius 1 is 1.13 bits per heavy atom. The van der Waals surface area contributed by atoms with E-state index < -0.39 is 6.09 Å². The van der Waals surface area contributed by atoms with Gasteiger partial charge < -0.3 is 15.0 Å². The zero-order chi connectivity index (χ0) is 21.6. The van der Waals surface area contributed by atoms with E-state index in [1.165, 1.54) is 5.56 Å². The van der Waals surface area contributed by atoms with Gasteiger partial charge in [0.2, 0.25) is 0 Å². The maximum absolute atomic E-state index is 12.7. The Bertz CT molecular complexity index is 924. The van der Waals surface area contributed by atoms with Crippen molar-refractivity contribution in [1.29, 1.82) is 0 Å². The Morgan fingerprint density at radius 2 is 1.90 bits per heavy atom. The number of piperidine rings is 1. The standard InChI is InChI=1S/C24H28IN3O3/c25-20-4-2-17(3-5-20)23(29)18-9-13-28(14-10-18)12-1-15-31-24(30)27-21-6-7-22-19(16-21)8-11-26-22/h2-7,16,18,26H,1,8-15H2,(H,27,30). The molecule has 0 spiro atoms. The lowest BCUT2D eigenvalue weighted by Crippen LogP contribution is -2.37. The molecule has 0 bridgehead atoms. The zero-order valence-corrected chi connectivity index (χ0v) is 19.7. The van der Waals surface area contributed by atoms with Crippen LogP contribution in [-0.2, 0) is 11.2 Å². The summed E-state index contributed by atoms with van der Waals surface area (Å²) in [6.07, 6.45) is 3.14. The molecule has 0 aromatic heterocycles. The number of carbonyl (C=O) groups excluding carboxylic acids is 2. The third-order valence-corrected chi connectivity index (χ3v) is 6.72. The van der Waals surface area contributed by atoms with E-state index in [2.05, 4.69) is 38.1 Å². The van der Waals surface area contributed by atoms with Crippen LogP contribution < -0.4 is 10.6 Å². The number of rotatable bonds is 7. The van der Waals surface area contributed by atoms with Gasteiger partial charge in [-0.25, -0.2) is 4.79 Å². The van der Waals surface area contributed by atoms with Crippen molar-refractivity contribution in [3.05, 3.63) is 57.2 Å². The molecule has 1 fully saturated rings. The number of ketones is 1. The van der Waals surface area contributed by atoms with Crippen molar-refractivity contribution in [2.45, 2.75) is 25.7 Å². The number of halogens is 1. The summed E-state index contributed by atoms with van der Waals surface area (Å²) in [4.78, 5) is 27.1. The number of likely N-dealkylation sites (tertiary alicyclic amines) is 1. The lowest BCUT2D eigenvalue weighted by atomic mass is 9.89. The number of amides is 1. The largest absolute Gasteiger partial charge is 0.449 e. The van der Waals surface area contributed by atoms with Gasteiger partial charge in [0.15, 0.2) is 5.78 Å². The maximum atomic E-state index is 12.7. The van der Waals surface area contributed by atoms with E-state index in [-0.39, 0.29) is 11.7 Å². The number of nitrogens with one attached hydrogen (secondary N) is 2. The molecule has 2 aromatic carbocycles. The van der Waals surface area contributed by atoms with Gasteiger partial charge in [0.1, 0.15) is 0 Å². The van der Waals surface area contributed by atoms with Crippen LogP contribution in [0.3, 0.4) is 0 Å². The fourth-order valence-corrected chi connectivity index (χ4v) is 4.62. The first-order valence-electron chi connectivity index (χ1n) is 10.9. The van der Waals surface area contributed by atoms with E-state index in [1.54, 1.807) is 0 Å². The van der Waals surface area contributed by atoms with E-state index in [0.29, 0.717) is 6.61 Å². The Labute approximate surface area is 196 Å². The monoisotopic (exact) mass is 533 g/mol. The van der Waals surface area contributed by atoms with Gasteiger partial charge >= 0.3 is 6.09 Å². The average Bonchev–Trinajstić information content (AvgIpc) is 3.25. The molecule has 4 rings (SSSR count). The Morgan fingerprint density at radius 3 is 2.68 bits per heavy atom. The van der Waals surface area contributed by atoms with Gasteiger partial charge in [0.05, 0.1) is 6.61 Å². The molecule has 0 unspecified atom stereocenters. The van der Waals surface area contributed by atoms with Crippen LogP contribution >= 0.6 is 22.6 Å². The molecule has 0 radical (unpaired) electrons. The van der Waals surface area contributed by atoms with Crippen molar-refractivity contribution >= 4 is 45.8 Å². The van der Waals surface area contributed by atoms with Crippen molar-refractivity contribution in [3.63, 3.8) is 0 Å². The second kappa shape index (κ2) is 10.5. The quantitative estimate of drug-likeness (QED) is 0.304. The maximum Gasteiger partial charge on any atom is 0.411 e. The molecular formula is C24H28IN3O3. The number of hydrogen-bond donors (Lipinski definition) is 2. The number of anilines is 2. The van der Waals surface area contributed by atoms with Gasteiger partial charge in [-0.3, -0.25) is 10.1 Å². The topological polar surface area (TPSA) is 70.7 Å². The Hall–Kier alpha value is -2.13. The van der Waals surface area contributed by atoms with Crippen molar-refractivity contribution in [1.82, 2.24) is 4.90 Å². The molecule has 2 heterocycles. The molecule has 2 N–H and O–H groups in total. The van der Waals surface area contributed by atoms with Gasteiger partial charge in [0.25, 0.3) is 0 Å². The molecule has 0 atom stereocenters. The number of ether oxygens (including phenoxy) is 1. The fourth-order valence-electron chi connectivity index (χ4n) is 4.26. The molecular weight excluding hydrogens is 505 g/mol. The third-order valence-electron chi connectivity index (χ3n) is 6.00. The highest BCUT2D eigenvalue weighted by Crippen LogP contribution is 2.25. The molecule has 2 aliphatic heterocycles. The number of benzene rings is 2. The molecule has 0 aliphatic carbocycles. The van der Waals surface area contributed by atoms with Crippen LogP contribution in [0.15, 0.2) is 42.5 Å². The summed E-state index contributed by atoms with van der Waals surface area (Å²) in [5.41, 5.74) is 3.95. The normalized spacial score (nSPS) is 16.4. The van der Waals surface area contributed by atoms with Crippen LogP contribution in [0.5, 0.6) is 0 Å². The lowest BCUT2D eigenvalue weighted by molar-refractivity contribution is 0.0830. The minimum atomic E-state index is -0.410. The van der Waals surface area contributed by atoms with E-state index in [0.717, 1.165) is 72.4 Å². The first-order chi connectivity index (χ1) is 15.1. The summed E-state index contributed by atoms with van der Waals surface area (Å²) in [6.45, 7) is 4.04. The highest BCUT2D eigenvalue weighted by molar-refractivity contribution is 14.1. The molecule has 7 heteroatoms. The number of carbonyl (C=O) groups is 2. The summed E-state index contributed by atoms with van der Waals surface area (Å²) in [6, 6.07) is 13.7. The summed E-state index contributed by atoms with van der Waals surface area (Å²) in [5.74, 6) is 0.374. The molecule has 31 heavy (non-hydrogen) atoms. The zero-order valence-electron chi connectivity index (χ0n) is 17.5. The van der Waals surface area contributed by atoms with Crippen LogP contribution in [0.2, 0.25) is 0 Å². The van der Waals surface area contributed by atoms with E-state index in [4.69, 9.17) is 4.74 Å². The minimum absolute atomic E-state index is 0.112. The SMILES string of the molecule is O=C(Nc1ccc2c(c1)CCN2)OCCCN1CCC(C(=O)c2ccc(I)cc2)CC1. The minimum Gasteiger partial charge on any atom is -0.449 e. The first-order valence-corrected chi connectivity index (χ1v) is 12.0. The molecule has 0 saturated carbocycles. The first kappa shape index (κ1) is 22.1. The Balaban J connectivity index is 1.12. The van der Waals surface area contributed by atoms with Gasteiger partial charge in [-0.15, -0.1) is 0 Å². The molecule has 164 valence electrons. The van der Waals surface area contributed by atoms with E-state index >= 15 is 0 Å². The summed E-state index contributed by atoms with van der Waals surface area (Å²) in [7, 11) is 0. The van der Waals surface area contributed by atoms with Gasteiger partial charge in [-0.1, -0.05) is 12.1 Å². The molecule has 2 aliphatic rings. The van der Waals surface area contributed by atoms with Crippen LogP contribution in [0.4, 0.5) is 16.2 Å². The lowest BCUT2D eigenvalue weighted by Gasteiger charge is -2.31. The van der Waals surface area contributed by atoms with Crippen molar-refractivity contribution < 1.29 is 14.3 Å².